The molecule has 1 atom stereocenters. The van der Waals surface area contributed by atoms with E-state index in [2.05, 4.69) is 22.9 Å². The molecule has 0 bridgehead atoms. The van der Waals surface area contributed by atoms with Gasteiger partial charge in [-0.3, -0.25) is 9.47 Å². The number of likely N-dealkylation sites (tertiary alicyclic amines) is 1. The van der Waals surface area contributed by atoms with Gasteiger partial charge in [0.05, 0.1) is 19.0 Å². The fraction of sp³-hybridized carbons (Fsp3) is 0.333. The van der Waals surface area contributed by atoms with Crippen LogP contribution in [0.15, 0.2) is 67.4 Å². The number of carbonyl (C=O) groups excluding carboxylic acids is 1. The number of amides is 1. The standard InChI is InChI=1S/C27H30N4O2/c1-19(20-6-4-3-5-7-20)27(32)30-16-13-21(14-17-30)24-12-15-28-31-18-25(29-26(24)31)22-8-10-23(33-2)11-9-22/h3-11,18,21,24,28H,1,12-17H2,2H3. The number of nitrogens with one attached hydrogen (secondary N) is 1. The molecule has 1 amide bonds. The molecule has 2 aromatic carbocycles. The highest BCUT2D eigenvalue weighted by Gasteiger charge is 2.34. The van der Waals surface area contributed by atoms with Crippen molar-refractivity contribution in [3.63, 3.8) is 0 Å². The minimum absolute atomic E-state index is 0.0493. The molecule has 0 aliphatic carbocycles. The zero-order valence-corrected chi connectivity index (χ0v) is 19.0. The van der Waals surface area contributed by atoms with E-state index in [0.717, 1.165) is 67.3 Å². The smallest absolute Gasteiger partial charge is 0.253 e. The summed E-state index contributed by atoms with van der Waals surface area (Å²) in [6.07, 6.45) is 5.13. The van der Waals surface area contributed by atoms with E-state index in [0.29, 0.717) is 17.4 Å². The lowest BCUT2D eigenvalue weighted by Crippen LogP contribution is -2.41. The zero-order valence-electron chi connectivity index (χ0n) is 19.0. The van der Waals surface area contributed by atoms with Crippen LogP contribution >= 0.6 is 0 Å². The van der Waals surface area contributed by atoms with Crippen LogP contribution in [-0.4, -0.2) is 47.2 Å². The number of aromatic nitrogens is 2. The van der Waals surface area contributed by atoms with Crippen molar-refractivity contribution in [3.8, 4) is 17.0 Å². The van der Waals surface area contributed by atoms with Gasteiger partial charge in [0.1, 0.15) is 11.6 Å². The molecule has 1 aromatic heterocycles. The van der Waals surface area contributed by atoms with E-state index < -0.39 is 0 Å². The molecule has 2 aliphatic heterocycles. The van der Waals surface area contributed by atoms with Crippen molar-refractivity contribution in [1.82, 2.24) is 14.6 Å². The molecule has 6 heteroatoms. The van der Waals surface area contributed by atoms with E-state index in [1.54, 1.807) is 7.11 Å². The summed E-state index contributed by atoms with van der Waals surface area (Å²) in [5.74, 6) is 2.91. The van der Waals surface area contributed by atoms with Crippen molar-refractivity contribution >= 4 is 11.5 Å². The van der Waals surface area contributed by atoms with Crippen LogP contribution < -0.4 is 10.2 Å². The second-order valence-electron chi connectivity index (χ2n) is 8.86. The van der Waals surface area contributed by atoms with E-state index in [1.807, 2.05) is 59.5 Å². The first-order valence-corrected chi connectivity index (χ1v) is 11.6. The fourth-order valence-corrected chi connectivity index (χ4v) is 5.06. The molecule has 2 aliphatic rings. The monoisotopic (exact) mass is 442 g/mol. The molecule has 0 saturated carbocycles. The molecule has 5 rings (SSSR count). The highest BCUT2D eigenvalue weighted by atomic mass is 16.5. The predicted octanol–water partition coefficient (Wildman–Crippen LogP) is 4.54. The summed E-state index contributed by atoms with van der Waals surface area (Å²) >= 11 is 0. The van der Waals surface area contributed by atoms with Gasteiger partial charge in [-0.25, -0.2) is 4.98 Å². The van der Waals surface area contributed by atoms with Gasteiger partial charge >= 0.3 is 0 Å². The number of nitrogens with zero attached hydrogens (tertiary/aromatic N) is 3. The summed E-state index contributed by atoms with van der Waals surface area (Å²) in [6, 6.07) is 17.8. The molecular weight excluding hydrogens is 412 g/mol. The Morgan fingerprint density at radius 1 is 1.06 bits per heavy atom. The first-order chi connectivity index (χ1) is 16.1. The number of imidazole rings is 1. The third kappa shape index (κ3) is 4.25. The number of rotatable bonds is 5. The third-order valence-electron chi connectivity index (χ3n) is 6.96. The summed E-state index contributed by atoms with van der Waals surface area (Å²) < 4.78 is 7.38. The number of piperidine rings is 1. The van der Waals surface area contributed by atoms with Crippen LogP contribution in [0.5, 0.6) is 5.75 Å². The number of hydrogen-bond acceptors (Lipinski definition) is 4. The number of carbonyl (C=O) groups is 1. The number of benzene rings is 2. The molecule has 1 fully saturated rings. The molecule has 6 nitrogen and oxygen atoms in total. The van der Waals surface area contributed by atoms with Crippen molar-refractivity contribution in [2.24, 2.45) is 5.92 Å². The highest BCUT2D eigenvalue weighted by molar-refractivity contribution is 6.18. The van der Waals surface area contributed by atoms with Crippen LogP contribution in [0.25, 0.3) is 16.8 Å². The zero-order chi connectivity index (χ0) is 22.8. The van der Waals surface area contributed by atoms with Crippen LogP contribution in [-0.2, 0) is 4.79 Å². The molecule has 33 heavy (non-hydrogen) atoms. The molecule has 1 N–H and O–H groups in total. The lowest BCUT2D eigenvalue weighted by molar-refractivity contribution is -0.126. The molecular formula is C27H30N4O2. The van der Waals surface area contributed by atoms with E-state index >= 15 is 0 Å². The average Bonchev–Trinajstić information content (AvgIpc) is 3.33. The van der Waals surface area contributed by atoms with Gasteiger partial charge in [-0.1, -0.05) is 36.9 Å². The molecule has 3 heterocycles. The topological polar surface area (TPSA) is 59.4 Å². The Morgan fingerprint density at radius 3 is 2.48 bits per heavy atom. The van der Waals surface area contributed by atoms with Gasteiger partial charge in [0.15, 0.2) is 0 Å². The molecule has 3 aromatic rings. The second kappa shape index (κ2) is 9.14. The van der Waals surface area contributed by atoms with Crippen LogP contribution in [0.4, 0.5) is 0 Å². The van der Waals surface area contributed by atoms with E-state index in [9.17, 15) is 4.79 Å². The maximum atomic E-state index is 13.0. The summed E-state index contributed by atoms with van der Waals surface area (Å²) in [6.45, 7) is 6.53. The van der Waals surface area contributed by atoms with Gasteiger partial charge in [-0.05, 0) is 55.0 Å². The normalized spacial score (nSPS) is 18.3. The molecule has 1 saturated heterocycles. The van der Waals surface area contributed by atoms with Crippen molar-refractivity contribution < 1.29 is 9.53 Å². The third-order valence-corrected chi connectivity index (χ3v) is 6.96. The van der Waals surface area contributed by atoms with Gasteiger partial charge in [0.2, 0.25) is 0 Å². The number of methoxy groups -OCH3 is 1. The van der Waals surface area contributed by atoms with E-state index in [4.69, 9.17) is 9.72 Å². The lowest BCUT2D eigenvalue weighted by atomic mass is 9.81. The van der Waals surface area contributed by atoms with Crippen LogP contribution in [0.3, 0.4) is 0 Å². The predicted molar refractivity (Wildman–Crippen MR) is 131 cm³/mol. The largest absolute Gasteiger partial charge is 0.497 e. The molecule has 0 spiro atoms. The Labute approximate surface area is 194 Å². The molecule has 1 unspecified atom stereocenters. The van der Waals surface area contributed by atoms with Crippen molar-refractivity contribution in [2.75, 3.05) is 32.2 Å². The van der Waals surface area contributed by atoms with Crippen LogP contribution in [0, 0.1) is 5.92 Å². The first kappa shape index (κ1) is 21.3. The summed E-state index contributed by atoms with van der Waals surface area (Å²) in [5, 5.41) is 0. The second-order valence-corrected chi connectivity index (χ2v) is 8.86. The van der Waals surface area contributed by atoms with Gasteiger partial charge in [0, 0.05) is 36.7 Å². The number of ether oxygens (including phenoxy) is 1. The Kier molecular flexibility index (Phi) is 5.90. The number of hydrogen-bond donors (Lipinski definition) is 1. The average molecular weight is 443 g/mol. The van der Waals surface area contributed by atoms with E-state index in [1.165, 1.54) is 0 Å². The fourth-order valence-electron chi connectivity index (χ4n) is 5.06. The quantitative estimate of drug-likeness (QED) is 0.590. The SMILES string of the molecule is C=C(C(=O)N1CCC(C2CCNn3cc(-c4ccc(OC)cc4)nc32)CC1)c1ccccc1. The van der Waals surface area contributed by atoms with E-state index in [-0.39, 0.29) is 5.91 Å². The Bertz CT molecular complexity index is 1130. The minimum atomic E-state index is 0.0493. The molecule has 0 radical (unpaired) electrons. The summed E-state index contributed by atoms with van der Waals surface area (Å²) in [7, 11) is 1.68. The van der Waals surface area contributed by atoms with Gasteiger partial charge in [-0.15, -0.1) is 0 Å². The number of fused-ring (bicyclic) bond motifs is 1. The van der Waals surface area contributed by atoms with Crippen molar-refractivity contribution in [3.05, 3.63) is 78.8 Å². The molecule has 170 valence electrons. The maximum Gasteiger partial charge on any atom is 0.253 e. The van der Waals surface area contributed by atoms with Crippen LogP contribution in [0.2, 0.25) is 0 Å². The Balaban J connectivity index is 1.27. The van der Waals surface area contributed by atoms with Gasteiger partial charge in [-0.2, -0.15) is 0 Å². The van der Waals surface area contributed by atoms with Crippen molar-refractivity contribution in [2.45, 2.75) is 25.2 Å². The first-order valence-electron chi connectivity index (χ1n) is 11.6. The van der Waals surface area contributed by atoms with Crippen LogP contribution in [0.1, 0.15) is 36.6 Å². The minimum Gasteiger partial charge on any atom is -0.497 e. The Hall–Kier alpha value is -3.54. The van der Waals surface area contributed by atoms with Gasteiger partial charge < -0.3 is 15.1 Å². The Morgan fingerprint density at radius 2 is 1.79 bits per heavy atom. The highest BCUT2D eigenvalue weighted by Crippen LogP contribution is 2.37. The van der Waals surface area contributed by atoms with Gasteiger partial charge in [0.25, 0.3) is 5.91 Å². The van der Waals surface area contributed by atoms with Crippen molar-refractivity contribution in [1.29, 1.82) is 0 Å². The summed E-state index contributed by atoms with van der Waals surface area (Å²) in [5.41, 5.74) is 6.99. The maximum absolute atomic E-state index is 13.0. The lowest BCUT2D eigenvalue weighted by Gasteiger charge is -2.38. The summed E-state index contributed by atoms with van der Waals surface area (Å²) in [4.78, 5) is 20.0.